The average molecular weight is 340 g/mol. The number of hydrogen-bond acceptors (Lipinski definition) is 5. The number of fused-ring (bicyclic) bond motifs is 1. The van der Waals surface area contributed by atoms with Gasteiger partial charge >= 0.3 is 0 Å². The number of hydrogen-bond donors (Lipinski definition) is 1. The first kappa shape index (κ1) is 16.1. The Morgan fingerprint density at radius 3 is 2.88 bits per heavy atom. The molecule has 7 heteroatoms. The molecule has 1 saturated heterocycles. The minimum absolute atomic E-state index is 0.236. The third kappa shape index (κ3) is 2.68. The third-order valence-electron chi connectivity index (χ3n) is 5.18. The lowest BCUT2D eigenvalue weighted by Gasteiger charge is -2.34. The van der Waals surface area contributed by atoms with Gasteiger partial charge in [-0.05, 0) is 32.6 Å². The van der Waals surface area contributed by atoms with Crippen molar-refractivity contribution in [2.75, 3.05) is 24.6 Å². The Morgan fingerprint density at radius 1 is 1.32 bits per heavy atom. The van der Waals surface area contributed by atoms with Gasteiger partial charge in [0.2, 0.25) is 0 Å². The van der Waals surface area contributed by atoms with Crippen LogP contribution in [0.5, 0.6) is 0 Å². The van der Waals surface area contributed by atoms with E-state index in [2.05, 4.69) is 16.8 Å². The molecule has 1 aliphatic heterocycles. The molecule has 1 aliphatic rings. The fourth-order valence-corrected chi connectivity index (χ4v) is 3.68. The van der Waals surface area contributed by atoms with Crippen LogP contribution in [0.2, 0.25) is 0 Å². The van der Waals surface area contributed by atoms with E-state index in [1.165, 1.54) is 0 Å². The molecule has 1 N–H and O–H groups in total. The van der Waals surface area contributed by atoms with E-state index in [-0.39, 0.29) is 6.61 Å². The van der Waals surface area contributed by atoms with Crippen LogP contribution in [0.4, 0.5) is 5.82 Å². The molecule has 132 valence electrons. The van der Waals surface area contributed by atoms with Crippen molar-refractivity contribution < 1.29 is 5.11 Å². The number of piperidine rings is 1. The molecule has 4 rings (SSSR count). The summed E-state index contributed by atoms with van der Waals surface area (Å²) in [5, 5.41) is 14.4. The zero-order valence-corrected chi connectivity index (χ0v) is 15.0. The summed E-state index contributed by atoms with van der Waals surface area (Å²) in [6, 6.07) is 1.99. The van der Waals surface area contributed by atoms with Crippen molar-refractivity contribution >= 4 is 11.5 Å². The van der Waals surface area contributed by atoms with Crippen molar-refractivity contribution in [3.8, 4) is 11.5 Å². The number of aliphatic hydroxyl groups is 1. The van der Waals surface area contributed by atoms with E-state index >= 15 is 0 Å². The normalized spacial score (nSPS) is 18.2. The number of nitrogens with zero attached hydrogens (tertiary/aromatic N) is 6. The molecule has 3 aromatic rings. The second kappa shape index (κ2) is 6.15. The number of rotatable bonds is 3. The fourth-order valence-electron chi connectivity index (χ4n) is 3.68. The van der Waals surface area contributed by atoms with Crippen LogP contribution >= 0.6 is 0 Å². The van der Waals surface area contributed by atoms with Crippen LogP contribution in [0.15, 0.2) is 18.5 Å². The highest BCUT2D eigenvalue weighted by Crippen LogP contribution is 2.29. The Bertz CT molecular complexity index is 912. The summed E-state index contributed by atoms with van der Waals surface area (Å²) in [5.74, 6) is 2.24. The highest BCUT2D eigenvalue weighted by atomic mass is 16.3. The van der Waals surface area contributed by atoms with Gasteiger partial charge in [0.15, 0.2) is 11.5 Å². The van der Waals surface area contributed by atoms with Crippen molar-refractivity contribution in [1.29, 1.82) is 0 Å². The van der Waals surface area contributed by atoms with Crippen LogP contribution in [0.3, 0.4) is 0 Å². The van der Waals surface area contributed by atoms with E-state index < -0.39 is 0 Å². The van der Waals surface area contributed by atoms with Gasteiger partial charge in [-0.1, -0.05) is 0 Å². The standard InChI is InChI=1S/C18H24N6O/c1-12-13(2)20-16-9-15(17-19-6-8-22(17)3)21-24(16)18(12)23-7-4-5-14(10-23)11-25/h6,8-9,14,25H,4-5,7,10-11H2,1-3H3/t14-/m0/s1. The quantitative estimate of drug-likeness (QED) is 0.789. The van der Waals surface area contributed by atoms with E-state index in [1.54, 1.807) is 6.20 Å². The monoisotopic (exact) mass is 340 g/mol. The lowest BCUT2D eigenvalue weighted by atomic mass is 9.98. The predicted octanol–water partition coefficient (Wildman–Crippen LogP) is 1.96. The van der Waals surface area contributed by atoms with Crippen LogP contribution in [-0.2, 0) is 7.05 Å². The van der Waals surface area contributed by atoms with Gasteiger partial charge in [-0.3, -0.25) is 0 Å². The number of anilines is 1. The molecular formula is C18H24N6O. The van der Waals surface area contributed by atoms with Gasteiger partial charge in [-0.15, -0.1) is 0 Å². The van der Waals surface area contributed by atoms with Crippen molar-refractivity contribution in [2.24, 2.45) is 13.0 Å². The number of aryl methyl sites for hydroxylation is 2. The van der Waals surface area contributed by atoms with Crippen LogP contribution < -0.4 is 4.90 Å². The molecule has 1 fully saturated rings. The smallest absolute Gasteiger partial charge is 0.160 e. The number of imidazole rings is 1. The highest BCUT2D eigenvalue weighted by molar-refractivity contribution is 5.63. The Labute approximate surface area is 146 Å². The van der Waals surface area contributed by atoms with Crippen LogP contribution in [0, 0.1) is 19.8 Å². The molecule has 0 radical (unpaired) electrons. The van der Waals surface area contributed by atoms with E-state index in [0.717, 1.165) is 60.2 Å². The molecule has 0 aliphatic carbocycles. The minimum Gasteiger partial charge on any atom is -0.396 e. The van der Waals surface area contributed by atoms with Crippen LogP contribution in [0.1, 0.15) is 24.1 Å². The fraction of sp³-hybridized carbons (Fsp3) is 0.500. The van der Waals surface area contributed by atoms with Gasteiger partial charge in [0.25, 0.3) is 0 Å². The van der Waals surface area contributed by atoms with Crippen molar-refractivity contribution in [1.82, 2.24) is 24.1 Å². The molecule has 4 heterocycles. The summed E-state index contributed by atoms with van der Waals surface area (Å²) >= 11 is 0. The summed E-state index contributed by atoms with van der Waals surface area (Å²) in [7, 11) is 1.97. The van der Waals surface area contributed by atoms with Crippen LogP contribution in [0.25, 0.3) is 17.2 Å². The van der Waals surface area contributed by atoms with Crippen molar-refractivity contribution in [2.45, 2.75) is 26.7 Å². The number of aromatic nitrogens is 5. The van der Waals surface area contributed by atoms with Crippen molar-refractivity contribution in [3.05, 3.63) is 29.7 Å². The van der Waals surface area contributed by atoms with Gasteiger partial charge in [-0.25, -0.2) is 9.97 Å². The lowest BCUT2D eigenvalue weighted by Crippen LogP contribution is -2.38. The largest absolute Gasteiger partial charge is 0.396 e. The molecule has 0 saturated carbocycles. The van der Waals surface area contributed by atoms with E-state index in [1.807, 2.05) is 35.3 Å². The zero-order chi connectivity index (χ0) is 17.6. The molecule has 0 bridgehead atoms. The van der Waals surface area contributed by atoms with Crippen LogP contribution in [-0.4, -0.2) is 49.0 Å². The van der Waals surface area contributed by atoms with Gasteiger partial charge in [0.05, 0.1) is 0 Å². The molecule has 0 unspecified atom stereocenters. The molecular weight excluding hydrogens is 316 g/mol. The van der Waals surface area contributed by atoms with E-state index in [4.69, 9.17) is 10.1 Å². The highest BCUT2D eigenvalue weighted by Gasteiger charge is 2.25. The maximum Gasteiger partial charge on any atom is 0.160 e. The summed E-state index contributed by atoms with van der Waals surface area (Å²) in [6.45, 7) is 6.21. The second-order valence-electron chi connectivity index (χ2n) is 6.94. The van der Waals surface area contributed by atoms with Gasteiger partial charge < -0.3 is 14.6 Å². The third-order valence-corrected chi connectivity index (χ3v) is 5.18. The average Bonchev–Trinajstić information content (AvgIpc) is 3.21. The maximum absolute atomic E-state index is 9.58. The Kier molecular flexibility index (Phi) is 3.95. The van der Waals surface area contributed by atoms with E-state index in [9.17, 15) is 5.11 Å². The topological polar surface area (TPSA) is 71.5 Å². The van der Waals surface area contributed by atoms with Gasteiger partial charge in [0.1, 0.15) is 11.5 Å². The molecule has 25 heavy (non-hydrogen) atoms. The first-order chi connectivity index (χ1) is 12.1. The minimum atomic E-state index is 0.236. The Hall–Kier alpha value is -2.41. The van der Waals surface area contributed by atoms with Gasteiger partial charge in [0, 0.05) is 56.5 Å². The summed E-state index contributed by atoms with van der Waals surface area (Å²) in [5.41, 5.74) is 3.81. The molecule has 7 nitrogen and oxygen atoms in total. The second-order valence-corrected chi connectivity index (χ2v) is 6.94. The maximum atomic E-state index is 9.58. The summed E-state index contributed by atoms with van der Waals surface area (Å²) < 4.78 is 3.90. The predicted molar refractivity (Wildman–Crippen MR) is 96.7 cm³/mol. The Morgan fingerprint density at radius 2 is 2.16 bits per heavy atom. The summed E-state index contributed by atoms with van der Waals surface area (Å²) in [6.07, 6.45) is 5.86. The van der Waals surface area contributed by atoms with E-state index in [0.29, 0.717) is 5.92 Å². The molecule has 1 atom stereocenters. The molecule has 0 spiro atoms. The Balaban J connectivity index is 1.86. The lowest BCUT2D eigenvalue weighted by molar-refractivity contribution is 0.208. The van der Waals surface area contributed by atoms with Crippen molar-refractivity contribution in [3.63, 3.8) is 0 Å². The zero-order valence-electron chi connectivity index (χ0n) is 15.0. The molecule has 0 amide bonds. The van der Waals surface area contributed by atoms with Gasteiger partial charge in [-0.2, -0.15) is 9.61 Å². The first-order valence-corrected chi connectivity index (χ1v) is 8.79. The molecule has 3 aromatic heterocycles. The SMILES string of the molecule is Cc1nc2cc(-c3nccn3C)nn2c(N2CCC[C@H](CO)C2)c1C. The number of aliphatic hydroxyl groups excluding tert-OH is 1. The molecule has 0 aromatic carbocycles. The first-order valence-electron chi connectivity index (χ1n) is 8.79. The summed E-state index contributed by atoms with van der Waals surface area (Å²) in [4.78, 5) is 11.5.